The molecule has 39 heavy (non-hydrogen) atoms. The molecule has 0 spiro atoms. The number of methoxy groups -OCH3 is 1. The number of para-hydroxylation sites is 1. The third-order valence-electron chi connectivity index (χ3n) is 6.17. The second-order valence-corrected chi connectivity index (χ2v) is 9.94. The van der Waals surface area contributed by atoms with Crippen molar-refractivity contribution in [2.75, 3.05) is 7.11 Å². The van der Waals surface area contributed by atoms with Crippen LogP contribution in [0.4, 0.5) is 0 Å². The summed E-state index contributed by atoms with van der Waals surface area (Å²) in [5, 5.41) is 2.02. The van der Waals surface area contributed by atoms with Crippen LogP contribution < -0.4 is 10.2 Å². The molecule has 1 aliphatic rings. The van der Waals surface area contributed by atoms with Crippen molar-refractivity contribution >= 4 is 40.6 Å². The molecule has 194 valence electrons. The van der Waals surface area contributed by atoms with Gasteiger partial charge in [0.2, 0.25) is 0 Å². The zero-order chi connectivity index (χ0) is 26.9. The average Bonchev–Trinajstić information content (AvgIpc) is 3.42. The number of ether oxygens (including phenoxy) is 1. The summed E-state index contributed by atoms with van der Waals surface area (Å²) in [7, 11) is 1.66. The molecule has 4 aromatic carbocycles. The van der Waals surface area contributed by atoms with Gasteiger partial charge in [-0.05, 0) is 34.9 Å². The van der Waals surface area contributed by atoms with Gasteiger partial charge < -0.3 is 4.74 Å². The zero-order valence-corrected chi connectivity index (χ0v) is 22.4. The number of rotatable bonds is 8. The minimum Gasteiger partial charge on any atom is -0.496 e. The van der Waals surface area contributed by atoms with Crippen LogP contribution in [-0.2, 0) is 11.3 Å². The quantitative estimate of drug-likeness (QED) is 0.198. The van der Waals surface area contributed by atoms with Crippen molar-refractivity contribution in [2.45, 2.75) is 11.9 Å². The van der Waals surface area contributed by atoms with Gasteiger partial charge in [-0.1, -0.05) is 127 Å². The van der Waals surface area contributed by atoms with E-state index in [-0.39, 0.29) is 11.3 Å². The number of carbonyl (C=O) groups is 1. The van der Waals surface area contributed by atoms with Gasteiger partial charge in [-0.3, -0.25) is 15.2 Å². The number of hydrogen-bond donors (Lipinski definition) is 1. The highest BCUT2D eigenvalue weighted by Gasteiger charge is 2.34. The maximum atomic E-state index is 14.2. The monoisotopic (exact) mass is 531 g/mol. The van der Waals surface area contributed by atoms with Crippen LogP contribution in [0.1, 0.15) is 22.3 Å². The van der Waals surface area contributed by atoms with E-state index in [1.165, 1.54) is 11.8 Å². The molecule has 6 heteroatoms. The van der Waals surface area contributed by atoms with E-state index >= 15 is 0 Å². The molecular formula is C33H29N3O2S. The summed E-state index contributed by atoms with van der Waals surface area (Å²) in [5.74, 6) is 0.631. The molecule has 1 saturated heterocycles. The fourth-order valence-corrected chi connectivity index (χ4v) is 5.12. The summed E-state index contributed by atoms with van der Waals surface area (Å²) < 4.78 is 5.52. The topological polar surface area (TPSA) is 53.9 Å². The van der Waals surface area contributed by atoms with E-state index in [9.17, 15) is 4.79 Å². The summed E-state index contributed by atoms with van der Waals surface area (Å²) in [4.78, 5) is 19.0. The van der Waals surface area contributed by atoms with Crippen LogP contribution in [0.25, 0.3) is 17.7 Å². The lowest BCUT2D eigenvalue weighted by atomic mass is 10.0. The molecule has 1 heterocycles. The predicted molar refractivity (Wildman–Crippen MR) is 162 cm³/mol. The Morgan fingerprint density at radius 1 is 0.897 bits per heavy atom. The highest BCUT2D eigenvalue weighted by Crippen LogP contribution is 2.30. The lowest BCUT2D eigenvalue weighted by Crippen LogP contribution is -2.43. The van der Waals surface area contributed by atoms with Crippen LogP contribution in [0.5, 0.6) is 5.75 Å². The summed E-state index contributed by atoms with van der Waals surface area (Å²) in [6.45, 7) is 0.520. The van der Waals surface area contributed by atoms with Crippen molar-refractivity contribution in [3.63, 3.8) is 0 Å². The number of benzene rings is 4. The number of carbonyl (C=O) groups excluding carboxylic acids is 1. The number of nitrogens with one attached hydrogen (secondary N) is 1. The first-order valence-electron chi connectivity index (χ1n) is 12.7. The molecule has 1 N–H and O–H groups in total. The van der Waals surface area contributed by atoms with Gasteiger partial charge in [-0.2, -0.15) is 0 Å². The average molecular weight is 532 g/mol. The molecular weight excluding hydrogens is 502 g/mol. The van der Waals surface area contributed by atoms with Crippen molar-refractivity contribution in [2.24, 2.45) is 4.99 Å². The minimum atomic E-state index is -0.320. The molecule has 0 bridgehead atoms. The SMILES string of the molecule is COc1ccccc1/C=C/C1SC(=NCc2ccccc2)NN1C(=O)/C(=C/c1ccccc1)c1ccccc1. The first-order chi connectivity index (χ1) is 19.2. The second kappa shape index (κ2) is 12.8. The molecule has 1 aliphatic heterocycles. The summed E-state index contributed by atoms with van der Waals surface area (Å²) in [5.41, 5.74) is 7.72. The molecule has 4 aromatic rings. The maximum Gasteiger partial charge on any atom is 0.274 e. The number of hydrazine groups is 1. The number of aliphatic imine (C=N–C) groups is 1. The Morgan fingerprint density at radius 2 is 1.54 bits per heavy atom. The number of thioether (sulfide) groups is 1. The highest BCUT2D eigenvalue weighted by atomic mass is 32.2. The van der Waals surface area contributed by atoms with Crippen LogP contribution in [0.15, 0.2) is 126 Å². The van der Waals surface area contributed by atoms with Crippen LogP contribution in [0, 0.1) is 0 Å². The van der Waals surface area contributed by atoms with E-state index in [4.69, 9.17) is 9.73 Å². The molecule has 1 amide bonds. The summed E-state index contributed by atoms with van der Waals surface area (Å²) in [6.07, 6.45) is 5.93. The van der Waals surface area contributed by atoms with E-state index in [0.29, 0.717) is 17.3 Å². The Bertz CT molecular complexity index is 1490. The molecule has 1 atom stereocenters. The second-order valence-electron chi connectivity index (χ2n) is 8.84. The van der Waals surface area contributed by atoms with Gasteiger partial charge in [0, 0.05) is 11.1 Å². The van der Waals surface area contributed by atoms with Crippen molar-refractivity contribution < 1.29 is 9.53 Å². The Morgan fingerprint density at radius 3 is 2.26 bits per heavy atom. The molecule has 0 aromatic heterocycles. The number of nitrogens with zero attached hydrogens (tertiary/aromatic N) is 2. The fourth-order valence-electron chi connectivity index (χ4n) is 4.19. The molecule has 5 nitrogen and oxygen atoms in total. The number of amides is 1. The Balaban J connectivity index is 1.49. The van der Waals surface area contributed by atoms with Crippen molar-refractivity contribution in [3.8, 4) is 5.75 Å². The van der Waals surface area contributed by atoms with Crippen molar-refractivity contribution in [1.82, 2.24) is 10.4 Å². The van der Waals surface area contributed by atoms with E-state index in [2.05, 4.69) is 5.43 Å². The maximum absolute atomic E-state index is 14.2. The Kier molecular flexibility index (Phi) is 8.56. The van der Waals surface area contributed by atoms with E-state index in [0.717, 1.165) is 28.0 Å². The Labute approximate surface area is 233 Å². The Hall–Kier alpha value is -4.55. The normalized spacial score (nSPS) is 16.4. The molecule has 5 rings (SSSR count). The van der Waals surface area contributed by atoms with Gasteiger partial charge in [0.05, 0.1) is 13.7 Å². The highest BCUT2D eigenvalue weighted by molar-refractivity contribution is 8.14. The van der Waals surface area contributed by atoms with Gasteiger partial charge in [-0.25, -0.2) is 5.01 Å². The van der Waals surface area contributed by atoms with E-state index in [1.807, 2.05) is 133 Å². The van der Waals surface area contributed by atoms with Crippen LogP contribution in [0.3, 0.4) is 0 Å². The number of hydrogen-bond acceptors (Lipinski definition) is 4. The minimum absolute atomic E-state index is 0.142. The van der Waals surface area contributed by atoms with Crippen LogP contribution >= 0.6 is 11.8 Å². The van der Waals surface area contributed by atoms with Gasteiger partial charge in [0.15, 0.2) is 5.17 Å². The standard InChI is InChI=1S/C33H29N3O2S/c1-38-30-20-12-11-19-28(30)21-22-31-36(35-33(39-31)34-24-26-15-7-3-8-16-26)32(37)29(27-17-9-4-10-18-27)23-25-13-5-2-6-14-25/h2-23,31H,24H2,1H3,(H,34,35)/b22-21+,29-23+. The largest absolute Gasteiger partial charge is 0.496 e. The third kappa shape index (κ3) is 6.67. The summed E-state index contributed by atoms with van der Waals surface area (Å²) >= 11 is 1.51. The lowest BCUT2D eigenvalue weighted by Gasteiger charge is -2.22. The van der Waals surface area contributed by atoms with Crippen molar-refractivity contribution in [3.05, 3.63) is 144 Å². The van der Waals surface area contributed by atoms with Gasteiger partial charge in [0.25, 0.3) is 5.91 Å². The first-order valence-corrected chi connectivity index (χ1v) is 13.6. The smallest absolute Gasteiger partial charge is 0.274 e. The molecule has 1 fully saturated rings. The van der Waals surface area contributed by atoms with Gasteiger partial charge in [-0.15, -0.1) is 0 Å². The first kappa shape index (κ1) is 26.1. The van der Waals surface area contributed by atoms with Gasteiger partial charge in [0.1, 0.15) is 11.1 Å². The van der Waals surface area contributed by atoms with Crippen molar-refractivity contribution in [1.29, 1.82) is 0 Å². The lowest BCUT2D eigenvalue weighted by molar-refractivity contribution is -0.126. The van der Waals surface area contributed by atoms with E-state index < -0.39 is 0 Å². The van der Waals surface area contributed by atoms with Gasteiger partial charge >= 0.3 is 0 Å². The zero-order valence-electron chi connectivity index (χ0n) is 21.6. The molecule has 1 unspecified atom stereocenters. The molecule has 0 saturated carbocycles. The van der Waals surface area contributed by atoms with E-state index in [1.54, 1.807) is 12.1 Å². The molecule has 0 aliphatic carbocycles. The van der Waals surface area contributed by atoms with Crippen LogP contribution in [-0.4, -0.2) is 28.6 Å². The summed E-state index contributed by atoms with van der Waals surface area (Å²) in [6, 6.07) is 37.5. The number of amidine groups is 1. The third-order valence-corrected chi connectivity index (χ3v) is 7.23. The van der Waals surface area contributed by atoms with Crippen LogP contribution in [0.2, 0.25) is 0 Å². The molecule has 0 radical (unpaired) electrons. The fraction of sp³-hybridized carbons (Fsp3) is 0.0909. The predicted octanol–water partition coefficient (Wildman–Crippen LogP) is 6.91.